The Balaban J connectivity index is 2.15. The van der Waals surface area contributed by atoms with E-state index in [1.54, 1.807) is 0 Å². The van der Waals surface area contributed by atoms with Gasteiger partial charge in [0.1, 0.15) is 0 Å². The Morgan fingerprint density at radius 3 is 2.74 bits per heavy atom. The number of rotatable bonds is 6. The summed E-state index contributed by atoms with van der Waals surface area (Å²) >= 11 is 0. The Hall–Kier alpha value is -1.41. The van der Waals surface area contributed by atoms with Crippen molar-refractivity contribution in [3.8, 4) is 0 Å². The lowest BCUT2D eigenvalue weighted by Crippen LogP contribution is -2.28. The summed E-state index contributed by atoms with van der Waals surface area (Å²) in [4.78, 5) is 4.55. The number of nitrogens with one attached hydrogen (secondary N) is 1. The summed E-state index contributed by atoms with van der Waals surface area (Å²) < 4.78 is 0. The molecule has 0 fully saturated rings. The highest BCUT2D eigenvalue weighted by molar-refractivity contribution is 5.81. The quantitative estimate of drug-likeness (QED) is 0.841. The number of aromatic nitrogens is 1. The fourth-order valence-electron chi connectivity index (χ4n) is 2.66. The minimum absolute atomic E-state index is 0.526. The molecule has 0 bridgehead atoms. The molecule has 0 amide bonds. The monoisotopic (exact) mass is 256 g/mol. The second-order valence-corrected chi connectivity index (χ2v) is 5.41. The third-order valence-electron chi connectivity index (χ3n) is 3.64. The summed E-state index contributed by atoms with van der Waals surface area (Å²) in [5.41, 5.74) is 2.52. The van der Waals surface area contributed by atoms with Crippen LogP contribution >= 0.6 is 0 Å². The summed E-state index contributed by atoms with van der Waals surface area (Å²) in [5.74, 6) is 0.526. The van der Waals surface area contributed by atoms with Crippen LogP contribution in [0.2, 0.25) is 0 Å². The first-order valence-corrected chi connectivity index (χ1v) is 7.29. The number of nitrogens with zero attached hydrogens (tertiary/aromatic N) is 1. The van der Waals surface area contributed by atoms with Crippen LogP contribution in [0.25, 0.3) is 10.9 Å². The molecular weight excluding hydrogens is 232 g/mol. The normalized spacial score (nSPS) is 14.5. The minimum Gasteiger partial charge on any atom is -0.314 e. The number of fused-ring (bicyclic) bond motifs is 1. The summed E-state index contributed by atoms with van der Waals surface area (Å²) in [6.07, 6.45) is 4.22. The first-order valence-electron chi connectivity index (χ1n) is 7.29. The lowest BCUT2D eigenvalue weighted by Gasteiger charge is -2.19. The van der Waals surface area contributed by atoms with Gasteiger partial charge in [0.05, 0.1) is 5.52 Å². The number of pyridine rings is 1. The molecule has 1 N–H and O–H groups in total. The third kappa shape index (κ3) is 3.54. The summed E-state index contributed by atoms with van der Waals surface area (Å²) in [6.45, 7) is 7.87. The van der Waals surface area contributed by atoms with Gasteiger partial charge in [-0.2, -0.15) is 0 Å². The Morgan fingerprint density at radius 2 is 1.95 bits per heavy atom. The van der Waals surface area contributed by atoms with Crippen LogP contribution < -0.4 is 5.32 Å². The van der Waals surface area contributed by atoms with Crippen molar-refractivity contribution in [1.29, 1.82) is 0 Å². The number of benzene rings is 1. The fourth-order valence-corrected chi connectivity index (χ4v) is 2.66. The number of para-hydroxylation sites is 1. The van der Waals surface area contributed by atoms with Crippen molar-refractivity contribution in [2.45, 2.75) is 45.6 Å². The van der Waals surface area contributed by atoms with E-state index in [0.29, 0.717) is 12.0 Å². The lowest BCUT2D eigenvalue weighted by molar-refractivity contribution is 0.480. The molecule has 0 aliphatic rings. The van der Waals surface area contributed by atoms with E-state index in [2.05, 4.69) is 55.3 Å². The smallest absolute Gasteiger partial charge is 0.0736 e. The molecule has 102 valence electrons. The van der Waals surface area contributed by atoms with Crippen molar-refractivity contribution in [3.05, 3.63) is 42.1 Å². The van der Waals surface area contributed by atoms with Gasteiger partial charge in [-0.05, 0) is 43.9 Å². The third-order valence-corrected chi connectivity index (χ3v) is 3.64. The van der Waals surface area contributed by atoms with Crippen molar-refractivity contribution in [1.82, 2.24) is 10.3 Å². The van der Waals surface area contributed by atoms with Crippen molar-refractivity contribution in [2.75, 3.05) is 6.54 Å². The first kappa shape index (κ1) is 14.0. The molecule has 2 aromatic rings. The van der Waals surface area contributed by atoms with E-state index in [4.69, 9.17) is 0 Å². The molecule has 1 aromatic carbocycles. The maximum atomic E-state index is 4.55. The molecule has 0 aliphatic carbocycles. The first-order chi connectivity index (χ1) is 9.22. The van der Waals surface area contributed by atoms with E-state index >= 15 is 0 Å². The van der Waals surface area contributed by atoms with Gasteiger partial charge in [0.2, 0.25) is 0 Å². The van der Waals surface area contributed by atoms with Gasteiger partial charge in [-0.25, -0.2) is 0 Å². The van der Waals surface area contributed by atoms with Crippen molar-refractivity contribution >= 4 is 10.9 Å². The predicted octanol–water partition coefficient (Wildman–Crippen LogP) is 4.12. The van der Waals surface area contributed by atoms with E-state index in [0.717, 1.165) is 18.5 Å². The predicted molar refractivity (Wildman–Crippen MR) is 82.5 cm³/mol. The highest BCUT2D eigenvalue weighted by Crippen LogP contribution is 2.26. The molecule has 0 aliphatic heterocycles. The zero-order valence-electron chi connectivity index (χ0n) is 12.2. The Kier molecular flexibility index (Phi) is 4.92. The molecule has 2 heteroatoms. The molecule has 2 atom stereocenters. The van der Waals surface area contributed by atoms with E-state index < -0.39 is 0 Å². The van der Waals surface area contributed by atoms with Crippen molar-refractivity contribution in [2.24, 2.45) is 0 Å². The molecular formula is C17H24N2. The van der Waals surface area contributed by atoms with Gasteiger partial charge in [0.15, 0.2) is 0 Å². The van der Waals surface area contributed by atoms with E-state index in [-0.39, 0.29) is 0 Å². The summed E-state index contributed by atoms with van der Waals surface area (Å²) in [5, 5.41) is 4.80. The van der Waals surface area contributed by atoms with Gasteiger partial charge in [-0.3, -0.25) is 4.98 Å². The Morgan fingerprint density at radius 1 is 1.16 bits per heavy atom. The molecule has 2 unspecified atom stereocenters. The van der Waals surface area contributed by atoms with Crippen LogP contribution in [-0.4, -0.2) is 17.6 Å². The molecule has 0 saturated heterocycles. The van der Waals surface area contributed by atoms with Gasteiger partial charge >= 0.3 is 0 Å². The summed E-state index contributed by atoms with van der Waals surface area (Å²) in [6, 6.07) is 11.2. The van der Waals surface area contributed by atoms with Gasteiger partial charge in [0.25, 0.3) is 0 Å². The van der Waals surface area contributed by atoms with Crippen LogP contribution in [0, 0.1) is 0 Å². The van der Waals surface area contributed by atoms with Crippen LogP contribution in [0.1, 0.15) is 45.1 Å². The molecule has 19 heavy (non-hydrogen) atoms. The van der Waals surface area contributed by atoms with Crippen LogP contribution in [0.5, 0.6) is 0 Å². The second-order valence-electron chi connectivity index (χ2n) is 5.41. The molecule has 0 saturated carbocycles. The number of hydrogen-bond donors (Lipinski definition) is 1. The van der Waals surface area contributed by atoms with Crippen molar-refractivity contribution < 1.29 is 0 Å². The molecule has 1 aromatic heterocycles. The second kappa shape index (κ2) is 6.67. The zero-order valence-corrected chi connectivity index (χ0v) is 12.2. The van der Waals surface area contributed by atoms with E-state index in [1.165, 1.54) is 17.4 Å². The minimum atomic E-state index is 0.526. The zero-order chi connectivity index (χ0) is 13.7. The van der Waals surface area contributed by atoms with Crippen LogP contribution in [0.3, 0.4) is 0 Å². The molecule has 2 rings (SSSR count). The number of hydrogen-bond acceptors (Lipinski definition) is 2. The maximum absolute atomic E-state index is 4.55. The highest BCUT2D eigenvalue weighted by Gasteiger charge is 2.13. The summed E-state index contributed by atoms with van der Waals surface area (Å²) in [7, 11) is 0. The van der Waals surface area contributed by atoms with Gasteiger partial charge in [-0.1, -0.05) is 38.1 Å². The Bertz CT molecular complexity index is 516. The fraction of sp³-hybridized carbons (Fsp3) is 0.471. The molecule has 0 radical (unpaired) electrons. The van der Waals surface area contributed by atoms with Crippen LogP contribution in [-0.2, 0) is 0 Å². The van der Waals surface area contributed by atoms with Crippen LogP contribution in [0.15, 0.2) is 36.5 Å². The standard InChI is InChI=1S/C17H24N2/c1-4-10-18-14(3)12-13(2)16-9-5-7-15-8-6-11-19-17(15)16/h5-9,11,13-14,18H,4,10,12H2,1-3H3. The topological polar surface area (TPSA) is 24.9 Å². The molecule has 1 heterocycles. The van der Waals surface area contributed by atoms with E-state index in [9.17, 15) is 0 Å². The average molecular weight is 256 g/mol. The van der Waals surface area contributed by atoms with Gasteiger partial charge in [-0.15, -0.1) is 0 Å². The lowest BCUT2D eigenvalue weighted by atomic mass is 9.92. The van der Waals surface area contributed by atoms with E-state index in [1.807, 2.05) is 12.3 Å². The van der Waals surface area contributed by atoms with Gasteiger partial charge < -0.3 is 5.32 Å². The van der Waals surface area contributed by atoms with Crippen molar-refractivity contribution in [3.63, 3.8) is 0 Å². The van der Waals surface area contributed by atoms with Gasteiger partial charge in [0, 0.05) is 17.6 Å². The highest BCUT2D eigenvalue weighted by atomic mass is 14.9. The SMILES string of the molecule is CCCNC(C)CC(C)c1cccc2cccnc12. The Labute approximate surface area is 116 Å². The van der Waals surface area contributed by atoms with Crippen LogP contribution in [0.4, 0.5) is 0 Å². The molecule has 2 nitrogen and oxygen atoms in total. The average Bonchev–Trinajstić information content (AvgIpc) is 2.44. The maximum Gasteiger partial charge on any atom is 0.0736 e. The largest absolute Gasteiger partial charge is 0.314 e. The molecule has 0 spiro atoms.